The Labute approximate surface area is 103 Å². The molecule has 5 heteroatoms. The average molecular weight is 252 g/mol. The predicted octanol–water partition coefficient (Wildman–Crippen LogP) is 2.68. The first-order valence-corrected chi connectivity index (χ1v) is 5.26. The molecule has 0 radical (unpaired) electrons. The third-order valence-electron chi connectivity index (χ3n) is 2.37. The summed E-state index contributed by atoms with van der Waals surface area (Å²) in [5.74, 6) is 0.0167. The molecule has 1 aromatic carbocycles. The number of pyridine rings is 1. The summed E-state index contributed by atoms with van der Waals surface area (Å²) in [6, 6.07) is 6.86. The first-order valence-electron chi connectivity index (χ1n) is 4.89. The molecule has 0 unspecified atom stereocenters. The van der Waals surface area contributed by atoms with E-state index in [1.165, 1.54) is 20.3 Å². The van der Waals surface area contributed by atoms with Crippen LogP contribution in [-0.4, -0.2) is 25.2 Å². The largest absolute Gasteiger partial charge is 0.496 e. The maximum Gasteiger partial charge on any atom is 0.356 e. The Morgan fingerprint density at radius 3 is 2.76 bits per heavy atom. The molecule has 0 saturated heterocycles. The minimum Gasteiger partial charge on any atom is -0.496 e. The van der Waals surface area contributed by atoms with Crippen LogP contribution >= 0.6 is 11.6 Å². The highest BCUT2D eigenvalue weighted by Gasteiger charge is 2.14. The quantitative estimate of drug-likeness (QED) is 0.770. The zero-order valence-corrected chi connectivity index (χ0v) is 10.1. The van der Waals surface area contributed by atoms with E-state index in [4.69, 9.17) is 16.3 Å². The van der Waals surface area contributed by atoms with Crippen molar-refractivity contribution in [3.63, 3.8) is 0 Å². The Balaban J connectivity index is 2.76. The molecule has 0 spiro atoms. The Hall–Kier alpha value is -1.81. The van der Waals surface area contributed by atoms with Crippen LogP contribution in [0, 0.1) is 0 Å². The summed E-state index contributed by atoms with van der Waals surface area (Å²) in [5, 5.41) is 1.22. The van der Waals surface area contributed by atoms with E-state index < -0.39 is 5.97 Å². The standard InChI is InChI=1S/C12H10ClNO3/c1-16-10-6-9(12(15)17-2)14-11-7(10)4-3-5-8(11)13/h3-6H,1-2H3. The molecule has 17 heavy (non-hydrogen) atoms. The summed E-state index contributed by atoms with van der Waals surface area (Å²) >= 11 is 6.04. The molecule has 1 heterocycles. The zero-order chi connectivity index (χ0) is 12.4. The maximum atomic E-state index is 11.5. The van der Waals surface area contributed by atoms with Crippen LogP contribution in [0.2, 0.25) is 5.02 Å². The molecular formula is C12H10ClNO3. The fraction of sp³-hybridized carbons (Fsp3) is 0.167. The van der Waals surface area contributed by atoms with Crippen LogP contribution < -0.4 is 4.74 Å². The molecule has 0 aliphatic carbocycles. The van der Waals surface area contributed by atoms with Gasteiger partial charge in [0.05, 0.1) is 24.8 Å². The first kappa shape index (κ1) is 11.7. The normalized spacial score (nSPS) is 10.3. The fourth-order valence-electron chi connectivity index (χ4n) is 1.56. The van der Waals surface area contributed by atoms with Crippen molar-refractivity contribution in [3.05, 3.63) is 35.0 Å². The summed E-state index contributed by atoms with van der Waals surface area (Å²) < 4.78 is 9.84. The number of nitrogens with zero attached hydrogens (tertiary/aromatic N) is 1. The lowest BCUT2D eigenvalue weighted by atomic mass is 10.2. The number of hydrogen-bond donors (Lipinski definition) is 0. The van der Waals surface area contributed by atoms with Crippen LogP contribution in [0.3, 0.4) is 0 Å². The number of rotatable bonds is 2. The summed E-state index contributed by atoms with van der Waals surface area (Å²) in [4.78, 5) is 15.6. The van der Waals surface area contributed by atoms with Gasteiger partial charge in [-0.15, -0.1) is 0 Å². The molecule has 2 rings (SSSR count). The molecule has 0 bridgehead atoms. The zero-order valence-electron chi connectivity index (χ0n) is 9.36. The van der Waals surface area contributed by atoms with E-state index in [1.54, 1.807) is 12.1 Å². The van der Waals surface area contributed by atoms with Gasteiger partial charge in [-0.1, -0.05) is 17.7 Å². The lowest BCUT2D eigenvalue weighted by Gasteiger charge is -2.08. The van der Waals surface area contributed by atoms with Gasteiger partial charge in [0.25, 0.3) is 0 Å². The van der Waals surface area contributed by atoms with Crippen LogP contribution in [-0.2, 0) is 4.74 Å². The number of para-hydroxylation sites is 1. The second-order valence-electron chi connectivity index (χ2n) is 3.34. The lowest BCUT2D eigenvalue weighted by molar-refractivity contribution is 0.0594. The minimum absolute atomic E-state index is 0.171. The summed E-state index contributed by atoms with van der Waals surface area (Å²) in [6.07, 6.45) is 0. The first-order chi connectivity index (χ1) is 8.17. The van der Waals surface area contributed by atoms with Crippen molar-refractivity contribution in [3.8, 4) is 5.75 Å². The topological polar surface area (TPSA) is 48.4 Å². The number of benzene rings is 1. The van der Waals surface area contributed by atoms with Crippen LogP contribution in [0.25, 0.3) is 10.9 Å². The van der Waals surface area contributed by atoms with Crippen molar-refractivity contribution in [1.29, 1.82) is 0 Å². The van der Waals surface area contributed by atoms with Crippen molar-refractivity contribution in [2.24, 2.45) is 0 Å². The Kier molecular flexibility index (Phi) is 3.15. The number of esters is 1. The molecule has 4 nitrogen and oxygen atoms in total. The number of methoxy groups -OCH3 is 2. The number of hydrogen-bond acceptors (Lipinski definition) is 4. The van der Waals surface area contributed by atoms with Gasteiger partial charge in [-0.3, -0.25) is 0 Å². The van der Waals surface area contributed by atoms with Crippen LogP contribution in [0.4, 0.5) is 0 Å². The molecule has 0 atom stereocenters. The third kappa shape index (κ3) is 2.03. The number of fused-ring (bicyclic) bond motifs is 1. The minimum atomic E-state index is -0.523. The fourth-order valence-corrected chi connectivity index (χ4v) is 1.78. The molecule has 0 aliphatic rings. The Morgan fingerprint density at radius 1 is 1.35 bits per heavy atom. The molecule has 88 valence electrons. The van der Waals surface area contributed by atoms with Crippen molar-refractivity contribution in [1.82, 2.24) is 4.98 Å². The molecular weight excluding hydrogens is 242 g/mol. The molecule has 1 aromatic heterocycles. The van der Waals surface area contributed by atoms with E-state index in [1.807, 2.05) is 6.07 Å². The monoisotopic (exact) mass is 251 g/mol. The number of halogens is 1. The van der Waals surface area contributed by atoms with Gasteiger partial charge in [0.15, 0.2) is 5.69 Å². The van der Waals surface area contributed by atoms with Crippen molar-refractivity contribution in [2.45, 2.75) is 0 Å². The van der Waals surface area contributed by atoms with Crippen LogP contribution in [0.5, 0.6) is 5.75 Å². The van der Waals surface area contributed by atoms with E-state index in [-0.39, 0.29) is 5.69 Å². The van der Waals surface area contributed by atoms with Gasteiger partial charge in [0, 0.05) is 11.5 Å². The predicted molar refractivity (Wildman–Crippen MR) is 64.6 cm³/mol. The Bertz CT molecular complexity index is 583. The van der Waals surface area contributed by atoms with Crippen LogP contribution in [0.1, 0.15) is 10.5 Å². The number of carbonyl (C=O) groups is 1. The summed E-state index contributed by atoms with van der Waals surface area (Å²) in [6.45, 7) is 0. The smallest absolute Gasteiger partial charge is 0.356 e. The lowest BCUT2D eigenvalue weighted by Crippen LogP contribution is -2.05. The Morgan fingerprint density at radius 2 is 2.12 bits per heavy atom. The molecule has 2 aromatic rings. The third-order valence-corrected chi connectivity index (χ3v) is 2.67. The average Bonchev–Trinajstić information content (AvgIpc) is 2.37. The van der Waals surface area contributed by atoms with Gasteiger partial charge in [-0.2, -0.15) is 0 Å². The molecule has 0 aliphatic heterocycles. The van der Waals surface area contributed by atoms with E-state index in [0.717, 1.165) is 5.39 Å². The molecule has 0 saturated carbocycles. The maximum absolute atomic E-state index is 11.5. The number of aromatic nitrogens is 1. The van der Waals surface area contributed by atoms with Gasteiger partial charge in [-0.05, 0) is 12.1 Å². The van der Waals surface area contributed by atoms with E-state index in [0.29, 0.717) is 16.3 Å². The van der Waals surface area contributed by atoms with Crippen molar-refractivity contribution < 1.29 is 14.3 Å². The van der Waals surface area contributed by atoms with Gasteiger partial charge >= 0.3 is 5.97 Å². The molecule has 0 amide bonds. The highest BCUT2D eigenvalue weighted by atomic mass is 35.5. The van der Waals surface area contributed by atoms with Crippen LogP contribution in [0.15, 0.2) is 24.3 Å². The second kappa shape index (κ2) is 4.59. The van der Waals surface area contributed by atoms with Gasteiger partial charge in [0.2, 0.25) is 0 Å². The second-order valence-corrected chi connectivity index (χ2v) is 3.74. The van der Waals surface area contributed by atoms with Crippen molar-refractivity contribution in [2.75, 3.05) is 14.2 Å². The summed E-state index contributed by atoms with van der Waals surface area (Å²) in [7, 11) is 2.82. The van der Waals surface area contributed by atoms with Gasteiger partial charge < -0.3 is 9.47 Å². The van der Waals surface area contributed by atoms with E-state index >= 15 is 0 Å². The van der Waals surface area contributed by atoms with E-state index in [2.05, 4.69) is 9.72 Å². The highest BCUT2D eigenvalue weighted by Crippen LogP contribution is 2.29. The number of carbonyl (C=O) groups excluding carboxylic acids is 1. The summed E-state index contributed by atoms with van der Waals surface area (Å²) in [5.41, 5.74) is 0.693. The van der Waals surface area contributed by atoms with E-state index in [9.17, 15) is 4.79 Å². The molecule has 0 N–H and O–H groups in total. The number of ether oxygens (including phenoxy) is 2. The molecule has 0 fully saturated rings. The highest BCUT2D eigenvalue weighted by molar-refractivity contribution is 6.35. The van der Waals surface area contributed by atoms with Gasteiger partial charge in [-0.25, -0.2) is 9.78 Å². The van der Waals surface area contributed by atoms with Gasteiger partial charge in [0.1, 0.15) is 5.75 Å². The van der Waals surface area contributed by atoms with Crippen molar-refractivity contribution >= 4 is 28.5 Å². The SMILES string of the molecule is COC(=O)c1cc(OC)c2cccc(Cl)c2n1.